The summed E-state index contributed by atoms with van der Waals surface area (Å²) in [6.07, 6.45) is 7.29. The average Bonchev–Trinajstić information content (AvgIpc) is 3.62. The largest absolute Gasteiger partial charge is 0.350 e. The zero-order valence-corrected chi connectivity index (χ0v) is 22.2. The van der Waals surface area contributed by atoms with Crippen LogP contribution in [0, 0.1) is 18.8 Å². The topological polar surface area (TPSA) is 74.3 Å². The molecule has 1 saturated carbocycles. The lowest BCUT2D eigenvalue weighted by Gasteiger charge is -2.32. The van der Waals surface area contributed by atoms with Crippen molar-refractivity contribution in [3.05, 3.63) is 41.0 Å². The molecule has 6 nitrogen and oxygen atoms in total. The summed E-state index contributed by atoms with van der Waals surface area (Å²) < 4.78 is 0. The Morgan fingerprint density at radius 3 is 2.51 bits per heavy atom. The highest BCUT2D eigenvalue weighted by Gasteiger charge is 2.40. The van der Waals surface area contributed by atoms with Crippen LogP contribution >= 0.6 is 11.3 Å². The van der Waals surface area contributed by atoms with Crippen LogP contribution in [0.4, 0.5) is 0 Å². The number of nitrogens with one attached hydrogen (secondary N) is 2. The fourth-order valence-corrected chi connectivity index (χ4v) is 6.23. The molecule has 1 aliphatic carbocycles. The number of thiazole rings is 1. The van der Waals surface area contributed by atoms with E-state index in [9.17, 15) is 9.59 Å². The van der Waals surface area contributed by atoms with Gasteiger partial charge in [0.2, 0.25) is 11.8 Å². The lowest BCUT2D eigenvalue weighted by Crippen LogP contribution is -2.54. The molecule has 2 unspecified atom stereocenters. The monoisotopic (exact) mass is 496 g/mol. The number of rotatable bonds is 10. The van der Waals surface area contributed by atoms with Crippen molar-refractivity contribution in [3.63, 3.8) is 0 Å². The van der Waals surface area contributed by atoms with E-state index < -0.39 is 0 Å². The number of carbonyl (C=O) groups is 2. The number of hydrogen-bond acceptors (Lipinski definition) is 5. The van der Waals surface area contributed by atoms with E-state index in [1.165, 1.54) is 17.7 Å². The third-order valence-electron chi connectivity index (χ3n) is 7.49. The Labute approximate surface area is 213 Å². The van der Waals surface area contributed by atoms with E-state index in [2.05, 4.69) is 53.7 Å². The number of carbonyl (C=O) groups excluding carboxylic acids is 2. The van der Waals surface area contributed by atoms with E-state index in [1.807, 2.05) is 17.3 Å². The van der Waals surface area contributed by atoms with Gasteiger partial charge in [0.05, 0.1) is 22.1 Å². The van der Waals surface area contributed by atoms with Gasteiger partial charge in [-0.05, 0) is 68.5 Å². The summed E-state index contributed by atoms with van der Waals surface area (Å²) in [5, 5.41) is 6.68. The smallest absolute Gasteiger partial charge is 0.243 e. The highest BCUT2D eigenvalue weighted by Crippen LogP contribution is 2.31. The van der Waals surface area contributed by atoms with E-state index in [0.29, 0.717) is 24.9 Å². The quantitative estimate of drug-likeness (QED) is 0.490. The molecule has 4 rings (SSSR count). The molecule has 2 amide bonds. The molecular weight excluding hydrogens is 456 g/mol. The molecule has 2 aliphatic rings. The van der Waals surface area contributed by atoms with Gasteiger partial charge >= 0.3 is 0 Å². The van der Waals surface area contributed by atoms with Crippen molar-refractivity contribution in [1.82, 2.24) is 20.5 Å². The van der Waals surface area contributed by atoms with Gasteiger partial charge in [0.1, 0.15) is 6.04 Å². The minimum atomic E-state index is -0.364. The number of aromatic nitrogens is 1. The summed E-state index contributed by atoms with van der Waals surface area (Å²) in [6.45, 7) is 8.44. The van der Waals surface area contributed by atoms with Gasteiger partial charge in [-0.3, -0.25) is 9.59 Å². The van der Waals surface area contributed by atoms with Crippen LogP contribution < -0.4 is 10.6 Å². The van der Waals surface area contributed by atoms with Crippen molar-refractivity contribution in [2.75, 3.05) is 13.1 Å². The number of nitrogens with zero attached hydrogens (tertiary/aromatic N) is 2. The summed E-state index contributed by atoms with van der Waals surface area (Å²) in [5.41, 5.74) is 5.11. The van der Waals surface area contributed by atoms with Crippen LogP contribution in [0.1, 0.15) is 70.1 Å². The highest BCUT2D eigenvalue weighted by atomic mass is 32.1. The Balaban J connectivity index is 1.35. The zero-order chi connectivity index (χ0) is 24.8. The molecule has 1 aromatic heterocycles. The molecule has 190 valence electrons. The van der Waals surface area contributed by atoms with Crippen LogP contribution in [0.3, 0.4) is 0 Å². The zero-order valence-electron chi connectivity index (χ0n) is 21.4. The predicted octanol–water partition coefficient (Wildman–Crippen LogP) is 4.92. The molecule has 1 saturated heterocycles. The molecule has 1 aromatic carbocycles. The Morgan fingerprint density at radius 2 is 1.86 bits per heavy atom. The fraction of sp³-hybridized carbons (Fsp3) is 0.607. The molecule has 2 fully saturated rings. The lowest BCUT2D eigenvalue weighted by atomic mass is 9.96. The highest BCUT2D eigenvalue weighted by molar-refractivity contribution is 7.13. The van der Waals surface area contributed by atoms with Crippen LogP contribution in [-0.2, 0) is 16.1 Å². The molecule has 2 heterocycles. The number of likely N-dealkylation sites (tertiary alicyclic amines) is 1. The first-order chi connectivity index (χ1) is 16.9. The molecule has 35 heavy (non-hydrogen) atoms. The summed E-state index contributed by atoms with van der Waals surface area (Å²) in [7, 11) is 0. The summed E-state index contributed by atoms with van der Waals surface area (Å²) in [5.74, 6) is 1.08. The predicted molar refractivity (Wildman–Crippen MR) is 142 cm³/mol. The number of benzene rings is 1. The van der Waals surface area contributed by atoms with Crippen LogP contribution in [-0.4, -0.2) is 46.9 Å². The first kappa shape index (κ1) is 25.8. The maximum atomic E-state index is 13.7. The van der Waals surface area contributed by atoms with Gasteiger partial charge in [-0.25, -0.2) is 4.98 Å². The summed E-state index contributed by atoms with van der Waals surface area (Å²) in [6, 6.07) is 7.76. The number of aryl methyl sites for hydroxylation is 1. The molecule has 2 aromatic rings. The van der Waals surface area contributed by atoms with Crippen molar-refractivity contribution in [1.29, 1.82) is 0 Å². The normalized spacial score (nSPS) is 19.4. The van der Waals surface area contributed by atoms with Gasteiger partial charge in [0.15, 0.2) is 0 Å². The Hall–Kier alpha value is -2.25. The summed E-state index contributed by atoms with van der Waals surface area (Å²) >= 11 is 1.64. The summed E-state index contributed by atoms with van der Waals surface area (Å²) in [4.78, 5) is 34.2. The molecule has 0 radical (unpaired) electrons. The fourth-order valence-electron chi connectivity index (χ4n) is 5.42. The Morgan fingerprint density at radius 1 is 1.11 bits per heavy atom. The van der Waals surface area contributed by atoms with Gasteiger partial charge in [0, 0.05) is 13.1 Å². The van der Waals surface area contributed by atoms with E-state index in [4.69, 9.17) is 0 Å². The van der Waals surface area contributed by atoms with Crippen molar-refractivity contribution in [2.45, 2.75) is 84.3 Å². The number of hydrogen-bond donors (Lipinski definition) is 2. The van der Waals surface area contributed by atoms with Crippen LogP contribution in [0.5, 0.6) is 0 Å². The van der Waals surface area contributed by atoms with Gasteiger partial charge in [-0.15, -0.1) is 11.3 Å². The molecule has 0 bridgehead atoms. The standard InChI is InChI=1S/C28H40N4O2S/c1-19(2)14-15-29-25(22-7-4-5-8-22)28(34)32-16-6-9-24(32)27(33)30-17-21-10-12-23(13-11-21)26-20(3)31-18-35-26/h10-13,18-19,22,24-25,29H,4-9,14-17H2,1-3H3,(H,30,33). The molecule has 2 atom stereocenters. The van der Waals surface area contributed by atoms with Crippen LogP contribution in [0.15, 0.2) is 29.8 Å². The van der Waals surface area contributed by atoms with E-state index in [1.54, 1.807) is 11.3 Å². The third-order valence-corrected chi connectivity index (χ3v) is 8.47. The maximum Gasteiger partial charge on any atom is 0.243 e. The second-order valence-electron chi connectivity index (χ2n) is 10.5. The molecule has 1 aliphatic heterocycles. The van der Waals surface area contributed by atoms with Gasteiger partial charge in [-0.1, -0.05) is 51.0 Å². The van der Waals surface area contributed by atoms with Crippen molar-refractivity contribution in [2.24, 2.45) is 11.8 Å². The molecular formula is C28H40N4O2S. The minimum Gasteiger partial charge on any atom is -0.350 e. The Bertz CT molecular complexity index is 981. The maximum absolute atomic E-state index is 13.7. The van der Waals surface area contributed by atoms with E-state index >= 15 is 0 Å². The third kappa shape index (κ3) is 6.50. The van der Waals surface area contributed by atoms with Gasteiger partial charge < -0.3 is 15.5 Å². The molecule has 2 N–H and O–H groups in total. The van der Waals surface area contributed by atoms with E-state index in [-0.39, 0.29) is 23.9 Å². The Kier molecular flexibility index (Phi) is 8.95. The number of amides is 2. The van der Waals surface area contributed by atoms with Crippen molar-refractivity contribution in [3.8, 4) is 10.4 Å². The van der Waals surface area contributed by atoms with E-state index in [0.717, 1.165) is 55.5 Å². The second kappa shape index (κ2) is 12.1. The van der Waals surface area contributed by atoms with Gasteiger partial charge in [0.25, 0.3) is 0 Å². The SMILES string of the molecule is Cc1ncsc1-c1ccc(CNC(=O)C2CCCN2C(=O)C(NCCC(C)C)C2CCCC2)cc1. The second-order valence-corrected chi connectivity index (χ2v) is 11.4. The first-order valence-corrected chi connectivity index (χ1v) is 14.1. The van der Waals surface area contributed by atoms with Crippen molar-refractivity contribution < 1.29 is 9.59 Å². The molecule has 7 heteroatoms. The minimum absolute atomic E-state index is 0.0365. The lowest BCUT2D eigenvalue weighted by molar-refractivity contribution is -0.141. The van der Waals surface area contributed by atoms with Gasteiger partial charge in [-0.2, -0.15) is 0 Å². The van der Waals surface area contributed by atoms with Crippen LogP contribution in [0.25, 0.3) is 10.4 Å². The average molecular weight is 497 g/mol. The molecule has 0 spiro atoms. The van der Waals surface area contributed by atoms with Crippen LogP contribution in [0.2, 0.25) is 0 Å². The first-order valence-electron chi connectivity index (χ1n) is 13.2. The van der Waals surface area contributed by atoms with Crippen molar-refractivity contribution >= 4 is 23.2 Å².